The van der Waals surface area contributed by atoms with Crippen LogP contribution in [0.1, 0.15) is 5.56 Å². The summed E-state index contributed by atoms with van der Waals surface area (Å²) in [4.78, 5) is 7.29. The molecule has 1 aromatic heterocycles. The van der Waals surface area contributed by atoms with Crippen molar-refractivity contribution in [2.75, 3.05) is 10.5 Å². The van der Waals surface area contributed by atoms with Gasteiger partial charge in [-0.3, -0.25) is 0 Å². The number of anilines is 2. The number of nitrogens with one attached hydrogen (secondary N) is 1. The zero-order valence-corrected chi connectivity index (χ0v) is 11.8. The highest BCUT2D eigenvalue weighted by atomic mass is 35.5. The molecular weight excluding hydrogens is 307 g/mol. The Morgan fingerprint density at radius 1 is 1.40 bits per heavy atom. The van der Waals surface area contributed by atoms with Crippen molar-refractivity contribution in [1.29, 1.82) is 0 Å². The van der Waals surface area contributed by atoms with E-state index in [1.54, 1.807) is 0 Å². The molecule has 0 unspecified atom stereocenters. The number of benzene rings is 1. The summed E-state index contributed by atoms with van der Waals surface area (Å²) in [6.45, 7) is 1.45. The lowest BCUT2D eigenvalue weighted by atomic mass is 10.2. The number of nitrogens with zero attached hydrogens (tertiary/aromatic N) is 2. The zero-order valence-electron chi connectivity index (χ0n) is 10.3. The van der Waals surface area contributed by atoms with E-state index >= 15 is 0 Å². The molecule has 0 aliphatic carbocycles. The molecule has 0 radical (unpaired) electrons. The van der Waals surface area contributed by atoms with E-state index in [9.17, 15) is 12.8 Å². The van der Waals surface area contributed by atoms with Crippen LogP contribution >= 0.6 is 11.6 Å². The summed E-state index contributed by atoms with van der Waals surface area (Å²) in [5.41, 5.74) is 5.34. The fourth-order valence-electron chi connectivity index (χ4n) is 1.52. The van der Waals surface area contributed by atoms with Crippen molar-refractivity contribution in [3.05, 3.63) is 40.9 Å². The summed E-state index contributed by atoms with van der Waals surface area (Å²) >= 11 is 5.64. The Morgan fingerprint density at radius 3 is 2.75 bits per heavy atom. The first-order chi connectivity index (χ1) is 9.29. The first-order valence-corrected chi connectivity index (χ1v) is 7.23. The van der Waals surface area contributed by atoms with Gasteiger partial charge in [-0.25, -0.2) is 27.5 Å². The van der Waals surface area contributed by atoms with Crippen LogP contribution in [0.2, 0.25) is 5.15 Å². The van der Waals surface area contributed by atoms with Gasteiger partial charge in [0, 0.05) is 6.20 Å². The largest absolute Gasteiger partial charge is 0.396 e. The number of rotatable bonds is 3. The molecule has 2 aromatic rings. The van der Waals surface area contributed by atoms with E-state index < -0.39 is 15.8 Å². The van der Waals surface area contributed by atoms with E-state index in [-0.39, 0.29) is 27.2 Å². The standard InChI is InChI=1S/C11H10ClFN4O2S/c1-6-4-7(13)8(14)5-9(6)20(18,19)17-11-15-3-2-10(12)16-11/h2-5H,14H2,1H3,(H,15,16,17). The highest BCUT2D eigenvalue weighted by Crippen LogP contribution is 2.23. The first kappa shape index (κ1) is 14.5. The maximum absolute atomic E-state index is 13.2. The maximum atomic E-state index is 13.2. The van der Waals surface area contributed by atoms with Crippen molar-refractivity contribution < 1.29 is 12.8 Å². The Bertz CT molecular complexity index is 767. The van der Waals surface area contributed by atoms with Gasteiger partial charge in [0.05, 0.1) is 10.6 Å². The van der Waals surface area contributed by atoms with Crippen LogP contribution in [0.15, 0.2) is 29.3 Å². The molecule has 106 valence electrons. The van der Waals surface area contributed by atoms with Crippen molar-refractivity contribution in [2.24, 2.45) is 0 Å². The molecule has 1 aromatic carbocycles. The molecule has 2 rings (SSSR count). The Labute approximate surface area is 119 Å². The second kappa shape index (κ2) is 5.22. The van der Waals surface area contributed by atoms with E-state index in [1.165, 1.54) is 19.2 Å². The molecule has 0 aliphatic rings. The molecule has 6 nitrogen and oxygen atoms in total. The number of sulfonamides is 1. The maximum Gasteiger partial charge on any atom is 0.264 e. The molecule has 1 heterocycles. The van der Waals surface area contributed by atoms with Gasteiger partial charge in [-0.05, 0) is 30.7 Å². The first-order valence-electron chi connectivity index (χ1n) is 5.36. The fourth-order valence-corrected chi connectivity index (χ4v) is 2.87. The molecule has 0 atom stereocenters. The molecule has 0 aliphatic heterocycles. The van der Waals surface area contributed by atoms with Gasteiger partial charge < -0.3 is 5.73 Å². The van der Waals surface area contributed by atoms with Crippen LogP contribution in [-0.4, -0.2) is 18.4 Å². The average molecular weight is 317 g/mol. The molecule has 20 heavy (non-hydrogen) atoms. The second-order valence-electron chi connectivity index (χ2n) is 3.95. The minimum absolute atomic E-state index is 0.0908. The monoisotopic (exact) mass is 316 g/mol. The Kier molecular flexibility index (Phi) is 3.78. The summed E-state index contributed by atoms with van der Waals surface area (Å²) in [6.07, 6.45) is 1.30. The van der Waals surface area contributed by atoms with Gasteiger partial charge in [-0.1, -0.05) is 11.6 Å². The van der Waals surface area contributed by atoms with E-state index in [0.29, 0.717) is 0 Å². The fraction of sp³-hybridized carbons (Fsp3) is 0.0909. The van der Waals surface area contributed by atoms with Gasteiger partial charge in [0.2, 0.25) is 5.95 Å². The van der Waals surface area contributed by atoms with Crippen LogP contribution in [0.25, 0.3) is 0 Å². The van der Waals surface area contributed by atoms with Crippen molar-refractivity contribution in [3.8, 4) is 0 Å². The molecule has 0 spiro atoms. The van der Waals surface area contributed by atoms with E-state index in [4.69, 9.17) is 17.3 Å². The number of aryl methyl sites for hydroxylation is 1. The number of nitrogen functional groups attached to an aromatic ring is 1. The van der Waals surface area contributed by atoms with E-state index in [1.807, 2.05) is 0 Å². The van der Waals surface area contributed by atoms with E-state index in [2.05, 4.69) is 14.7 Å². The number of nitrogens with two attached hydrogens (primary N) is 1. The van der Waals surface area contributed by atoms with Gasteiger partial charge in [0.25, 0.3) is 10.0 Å². The molecule has 0 saturated carbocycles. The van der Waals surface area contributed by atoms with Crippen LogP contribution in [0, 0.1) is 12.7 Å². The lowest BCUT2D eigenvalue weighted by Crippen LogP contribution is -2.16. The molecule has 0 fully saturated rings. The summed E-state index contributed by atoms with van der Waals surface area (Å²) in [5, 5.41) is 0.0908. The molecule has 3 N–H and O–H groups in total. The smallest absolute Gasteiger partial charge is 0.264 e. The van der Waals surface area contributed by atoms with Crippen LogP contribution in [-0.2, 0) is 10.0 Å². The minimum Gasteiger partial charge on any atom is -0.396 e. The van der Waals surface area contributed by atoms with Crippen LogP contribution in [0.3, 0.4) is 0 Å². The Hall–Kier alpha value is -1.93. The minimum atomic E-state index is -3.98. The summed E-state index contributed by atoms with van der Waals surface area (Å²) < 4.78 is 39.8. The number of aromatic nitrogens is 2. The molecule has 0 amide bonds. The highest BCUT2D eigenvalue weighted by Gasteiger charge is 2.20. The Morgan fingerprint density at radius 2 is 2.10 bits per heavy atom. The van der Waals surface area contributed by atoms with Crippen LogP contribution in [0.5, 0.6) is 0 Å². The van der Waals surface area contributed by atoms with E-state index in [0.717, 1.165) is 12.1 Å². The lowest BCUT2D eigenvalue weighted by Gasteiger charge is -2.10. The number of hydrogen-bond donors (Lipinski definition) is 2. The zero-order chi connectivity index (χ0) is 14.9. The molecule has 0 bridgehead atoms. The van der Waals surface area contributed by atoms with Crippen molar-refractivity contribution >= 4 is 33.3 Å². The van der Waals surface area contributed by atoms with Gasteiger partial charge in [-0.2, -0.15) is 0 Å². The predicted octanol–water partition coefficient (Wildman–Crippen LogP) is 1.96. The molecule has 0 saturated heterocycles. The third kappa shape index (κ3) is 2.97. The summed E-state index contributed by atoms with van der Waals surface area (Å²) in [7, 11) is -3.98. The van der Waals surface area contributed by atoms with Crippen molar-refractivity contribution in [3.63, 3.8) is 0 Å². The quantitative estimate of drug-likeness (QED) is 0.666. The topological polar surface area (TPSA) is 98.0 Å². The van der Waals surface area contributed by atoms with Gasteiger partial charge in [0.1, 0.15) is 11.0 Å². The normalized spacial score (nSPS) is 11.3. The van der Waals surface area contributed by atoms with Crippen LogP contribution < -0.4 is 10.5 Å². The lowest BCUT2D eigenvalue weighted by molar-refractivity contribution is 0.598. The molecule has 9 heteroatoms. The summed E-state index contributed by atoms with van der Waals surface area (Å²) in [5.74, 6) is -0.861. The third-order valence-electron chi connectivity index (χ3n) is 2.43. The average Bonchev–Trinajstić information content (AvgIpc) is 2.33. The van der Waals surface area contributed by atoms with Crippen molar-refractivity contribution in [2.45, 2.75) is 11.8 Å². The highest BCUT2D eigenvalue weighted by molar-refractivity contribution is 7.92. The Balaban J connectivity index is 2.43. The van der Waals surface area contributed by atoms with Gasteiger partial charge in [0.15, 0.2) is 0 Å². The van der Waals surface area contributed by atoms with Gasteiger partial charge >= 0.3 is 0 Å². The van der Waals surface area contributed by atoms with Crippen molar-refractivity contribution in [1.82, 2.24) is 9.97 Å². The number of hydrogen-bond acceptors (Lipinski definition) is 5. The summed E-state index contributed by atoms with van der Waals surface area (Å²) in [6, 6.07) is 3.49. The van der Waals surface area contributed by atoms with Gasteiger partial charge in [-0.15, -0.1) is 0 Å². The molecular formula is C11H10ClFN4O2S. The third-order valence-corrected chi connectivity index (χ3v) is 4.11. The van der Waals surface area contributed by atoms with Crippen LogP contribution in [0.4, 0.5) is 16.0 Å². The SMILES string of the molecule is Cc1cc(F)c(N)cc1S(=O)(=O)Nc1nccc(Cl)n1. The number of halogens is 2. The second-order valence-corrected chi connectivity index (χ2v) is 5.99. The predicted molar refractivity (Wildman–Crippen MR) is 73.4 cm³/mol.